The van der Waals surface area contributed by atoms with Crippen LogP contribution >= 0.6 is 12.2 Å². The van der Waals surface area contributed by atoms with E-state index in [0.717, 1.165) is 5.56 Å². The van der Waals surface area contributed by atoms with Crippen LogP contribution < -0.4 is 34.3 Å². The molecule has 1 saturated carbocycles. The van der Waals surface area contributed by atoms with E-state index in [0.29, 0.717) is 65.4 Å². The van der Waals surface area contributed by atoms with Gasteiger partial charge in [0.15, 0.2) is 28.1 Å². The van der Waals surface area contributed by atoms with Gasteiger partial charge in [-0.2, -0.15) is 0 Å². The molecule has 1 aliphatic carbocycles. The molecular formula is C26H29N3O7S. The lowest BCUT2D eigenvalue weighted by atomic mass is 9.76. The van der Waals surface area contributed by atoms with Gasteiger partial charge in [0, 0.05) is 29.8 Å². The Kier molecular flexibility index (Phi) is 6.96. The molecule has 2 amide bonds. The van der Waals surface area contributed by atoms with Crippen LogP contribution in [0.25, 0.3) is 0 Å². The smallest absolute Gasteiger partial charge is 0.234 e. The second kappa shape index (κ2) is 10.3. The highest BCUT2D eigenvalue weighted by molar-refractivity contribution is 7.80. The van der Waals surface area contributed by atoms with Crippen LogP contribution in [-0.4, -0.2) is 56.0 Å². The van der Waals surface area contributed by atoms with E-state index in [1.165, 1.54) is 21.3 Å². The van der Waals surface area contributed by atoms with Crippen molar-refractivity contribution in [1.29, 1.82) is 0 Å². The van der Waals surface area contributed by atoms with Crippen LogP contribution in [0.3, 0.4) is 0 Å². The van der Waals surface area contributed by atoms with E-state index in [-0.39, 0.29) is 36.5 Å². The number of anilines is 1. The lowest BCUT2D eigenvalue weighted by Gasteiger charge is -2.43. The Morgan fingerprint density at radius 3 is 2.51 bits per heavy atom. The van der Waals surface area contributed by atoms with Crippen LogP contribution in [0.5, 0.6) is 28.7 Å². The minimum absolute atomic E-state index is 0.0186. The zero-order valence-corrected chi connectivity index (χ0v) is 21.7. The van der Waals surface area contributed by atoms with Gasteiger partial charge in [0.2, 0.25) is 24.4 Å². The summed E-state index contributed by atoms with van der Waals surface area (Å²) < 4.78 is 26.9. The maximum Gasteiger partial charge on any atom is 0.234 e. The summed E-state index contributed by atoms with van der Waals surface area (Å²) in [7, 11) is 4.57. The summed E-state index contributed by atoms with van der Waals surface area (Å²) in [4.78, 5) is 28.1. The fraction of sp³-hybridized carbons (Fsp3) is 0.423. The first-order valence-electron chi connectivity index (χ1n) is 12.0. The second-order valence-electron chi connectivity index (χ2n) is 9.19. The summed E-state index contributed by atoms with van der Waals surface area (Å²) in [5.74, 6) is 2.05. The van der Waals surface area contributed by atoms with Crippen molar-refractivity contribution in [1.82, 2.24) is 10.2 Å². The largest absolute Gasteiger partial charge is 0.493 e. The Morgan fingerprint density at radius 1 is 1.08 bits per heavy atom. The van der Waals surface area contributed by atoms with Gasteiger partial charge in [-0.1, -0.05) is 6.07 Å². The number of thiocarbonyl (C=S) groups is 1. The number of methoxy groups -OCH3 is 3. The highest BCUT2D eigenvalue weighted by atomic mass is 32.1. The Hall–Kier alpha value is -3.73. The van der Waals surface area contributed by atoms with Crippen molar-refractivity contribution in [2.24, 2.45) is 11.8 Å². The first-order chi connectivity index (χ1) is 17.9. The SMILES string of the molecule is COc1cc(NC(=O)C2CCC3C(=O)N(Cc4ccc5c(c4)OCO5)C(=S)NC3C2)cc(OC)c1OC. The van der Waals surface area contributed by atoms with Crippen molar-refractivity contribution in [3.05, 3.63) is 35.9 Å². The van der Waals surface area contributed by atoms with E-state index in [4.69, 9.17) is 35.9 Å². The third-order valence-corrected chi connectivity index (χ3v) is 7.41. The number of amides is 2. The van der Waals surface area contributed by atoms with Gasteiger partial charge in [0.1, 0.15) is 0 Å². The maximum absolute atomic E-state index is 13.4. The van der Waals surface area contributed by atoms with Crippen molar-refractivity contribution >= 4 is 34.8 Å². The number of hydrogen-bond donors (Lipinski definition) is 2. The molecule has 0 aromatic heterocycles. The van der Waals surface area contributed by atoms with Gasteiger partial charge in [-0.3, -0.25) is 14.5 Å². The number of ether oxygens (including phenoxy) is 5. The van der Waals surface area contributed by atoms with Crippen LogP contribution in [0.2, 0.25) is 0 Å². The molecule has 0 bridgehead atoms. The fourth-order valence-electron chi connectivity index (χ4n) is 5.17. The summed E-state index contributed by atoms with van der Waals surface area (Å²) in [6, 6.07) is 8.79. The number of nitrogens with zero attached hydrogens (tertiary/aromatic N) is 1. The molecule has 0 spiro atoms. The minimum atomic E-state index is -0.274. The molecule has 2 aliphatic heterocycles. The van der Waals surface area contributed by atoms with E-state index in [1.807, 2.05) is 18.2 Å². The number of fused-ring (bicyclic) bond motifs is 2. The Bertz CT molecular complexity index is 1210. The van der Waals surface area contributed by atoms with Crippen LogP contribution in [-0.2, 0) is 16.1 Å². The topological polar surface area (TPSA) is 108 Å². The Labute approximate surface area is 220 Å². The fourth-order valence-corrected chi connectivity index (χ4v) is 5.48. The van der Waals surface area contributed by atoms with Gasteiger partial charge < -0.3 is 34.3 Å². The monoisotopic (exact) mass is 527 g/mol. The first-order valence-corrected chi connectivity index (χ1v) is 12.4. The molecule has 3 aliphatic rings. The number of carbonyl (C=O) groups excluding carboxylic acids is 2. The molecule has 11 heteroatoms. The van der Waals surface area contributed by atoms with Crippen molar-refractivity contribution in [2.45, 2.75) is 31.8 Å². The van der Waals surface area contributed by atoms with Crippen molar-refractivity contribution in [3.8, 4) is 28.7 Å². The molecule has 37 heavy (non-hydrogen) atoms. The molecule has 1 saturated heterocycles. The molecule has 2 heterocycles. The lowest BCUT2D eigenvalue weighted by molar-refractivity contribution is -0.137. The summed E-state index contributed by atoms with van der Waals surface area (Å²) >= 11 is 5.56. The van der Waals surface area contributed by atoms with E-state index < -0.39 is 0 Å². The molecule has 2 fully saturated rings. The quantitative estimate of drug-likeness (QED) is 0.525. The van der Waals surface area contributed by atoms with Gasteiger partial charge in [0.25, 0.3) is 0 Å². The average molecular weight is 528 g/mol. The summed E-state index contributed by atoms with van der Waals surface area (Å²) in [5, 5.41) is 6.65. The average Bonchev–Trinajstić information content (AvgIpc) is 3.38. The highest BCUT2D eigenvalue weighted by Crippen LogP contribution is 2.41. The van der Waals surface area contributed by atoms with Crippen LogP contribution in [0.15, 0.2) is 30.3 Å². The van der Waals surface area contributed by atoms with Crippen molar-refractivity contribution in [3.63, 3.8) is 0 Å². The molecule has 196 valence electrons. The van der Waals surface area contributed by atoms with Gasteiger partial charge in [-0.15, -0.1) is 0 Å². The third-order valence-electron chi connectivity index (χ3n) is 7.07. The number of carbonyl (C=O) groups is 2. The van der Waals surface area contributed by atoms with Crippen molar-refractivity contribution in [2.75, 3.05) is 33.4 Å². The van der Waals surface area contributed by atoms with E-state index >= 15 is 0 Å². The standard InChI is InChI=1S/C26H29N3O7S/c1-32-21-10-16(11-22(33-2)23(21)34-3)27-24(30)15-5-6-17-18(9-15)28-26(37)29(25(17)31)12-14-4-7-19-20(8-14)36-13-35-19/h4,7-8,10-11,15,17-18H,5-6,9,12-13H2,1-3H3,(H,27,30)(H,28,37). The van der Waals surface area contributed by atoms with Crippen LogP contribution in [0, 0.1) is 11.8 Å². The molecule has 3 atom stereocenters. The minimum Gasteiger partial charge on any atom is -0.493 e. The van der Waals surface area contributed by atoms with E-state index in [1.54, 1.807) is 17.0 Å². The lowest BCUT2D eigenvalue weighted by Crippen LogP contribution is -2.61. The van der Waals surface area contributed by atoms with Gasteiger partial charge in [-0.05, 0) is 49.2 Å². The molecular weight excluding hydrogens is 498 g/mol. The van der Waals surface area contributed by atoms with E-state index in [2.05, 4.69) is 10.6 Å². The molecule has 10 nitrogen and oxygen atoms in total. The Balaban J connectivity index is 1.24. The van der Waals surface area contributed by atoms with Gasteiger partial charge >= 0.3 is 0 Å². The first kappa shape index (κ1) is 24.9. The molecule has 0 radical (unpaired) electrons. The Morgan fingerprint density at radius 2 is 1.81 bits per heavy atom. The van der Waals surface area contributed by atoms with E-state index in [9.17, 15) is 9.59 Å². The summed E-state index contributed by atoms with van der Waals surface area (Å²) in [6.45, 7) is 0.537. The van der Waals surface area contributed by atoms with Gasteiger partial charge in [0.05, 0.1) is 33.8 Å². The number of benzene rings is 2. The molecule has 2 aromatic carbocycles. The molecule has 3 unspecified atom stereocenters. The zero-order valence-electron chi connectivity index (χ0n) is 20.9. The highest BCUT2D eigenvalue weighted by Gasteiger charge is 2.44. The molecule has 2 N–H and O–H groups in total. The second-order valence-corrected chi connectivity index (χ2v) is 9.57. The number of nitrogens with one attached hydrogen (secondary N) is 2. The zero-order chi connectivity index (χ0) is 26.1. The van der Waals surface area contributed by atoms with Crippen molar-refractivity contribution < 1.29 is 33.3 Å². The maximum atomic E-state index is 13.4. The number of hydrogen-bond acceptors (Lipinski definition) is 8. The third kappa shape index (κ3) is 4.83. The van der Waals surface area contributed by atoms with Gasteiger partial charge in [-0.25, -0.2) is 0 Å². The molecule has 2 aromatic rings. The number of rotatable bonds is 7. The predicted octanol–water partition coefficient (Wildman–Crippen LogP) is 3.08. The summed E-state index contributed by atoms with van der Waals surface area (Å²) in [5.41, 5.74) is 1.44. The molecule has 5 rings (SSSR count). The van der Waals surface area contributed by atoms with Crippen LogP contribution in [0.1, 0.15) is 24.8 Å². The summed E-state index contributed by atoms with van der Waals surface area (Å²) in [6.07, 6.45) is 1.68. The normalized spacial score (nSPS) is 22.1. The predicted molar refractivity (Wildman–Crippen MR) is 138 cm³/mol. The van der Waals surface area contributed by atoms with Crippen LogP contribution in [0.4, 0.5) is 5.69 Å².